The molecule has 2 aromatic carbocycles. The molecule has 1 atom stereocenters. The molecule has 148 valence electrons. The molecule has 4 rings (SSSR count). The van der Waals surface area contributed by atoms with E-state index in [2.05, 4.69) is 46.6 Å². The predicted molar refractivity (Wildman–Crippen MR) is 111 cm³/mol. The highest BCUT2D eigenvalue weighted by Gasteiger charge is 2.26. The summed E-state index contributed by atoms with van der Waals surface area (Å²) in [6.07, 6.45) is 3.32. The van der Waals surface area contributed by atoms with Crippen LogP contribution >= 0.6 is 0 Å². The van der Waals surface area contributed by atoms with E-state index >= 15 is 0 Å². The molecule has 5 heteroatoms. The van der Waals surface area contributed by atoms with Crippen molar-refractivity contribution in [2.75, 3.05) is 44.7 Å². The number of fused-ring (bicyclic) bond motifs is 1. The van der Waals surface area contributed by atoms with E-state index in [1.54, 1.807) is 7.11 Å². The lowest BCUT2D eigenvalue weighted by molar-refractivity contribution is -0.892. The Balaban J connectivity index is 1.29. The fourth-order valence-electron chi connectivity index (χ4n) is 4.44. The number of carbonyl (C=O) groups excluding carboxylic acids is 1. The van der Waals surface area contributed by atoms with Crippen LogP contribution in [0, 0.1) is 0 Å². The van der Waals surface area contributed by atoms with Crippen LogP contribution in [0.4, 0.5) is 5.69 Å². The van der Waals surface area contributed by atoms with Crippen molar-refractivity contribution in [2.45, 2.75) is 25.3 Å². The van der Waals surface area contributed by atoms with E-state index in [-0.39, 0.29) is 11.9 Å². The summed E-state index contributed by atoms with van der Waals surface area (Å²) in [4.78, 5) is 16.4. The Morgan fingerprint density at radius 1 is 1.18 bits per heavy atom. The van der Waals surface area contributed by atoms with Crippen LogP contribution in [0.15, 0.2) is 48.5 Å². The van der Waals surface area contributed by atoms with Crippen LogP contribution in [-0.4, -0.2) is 45.7 Å². The molecular formula is C23H30N3O2+. The lowest BCUT2D eigenvalue weighted by Crippen LogP contribution is -3.16. The van der Waals surface area contributed by atoms with Gasteiger partial charge in [0.05, 0.1) is 39.3 Å². The normalized spacial score (nSPS) is 19.8. The predicted octanol–water partition coefficient (Wildman–Crippen LogP) is 1.59. The maximum Gasteiger partial charge on any atom is 0.275 e. The molecule has 0 aromatic heterocycles. The Morgan fingerprint density at radius 2 is 2.00 bits per heavy atom. The molecule has 1 fully saturated rings. The van der Waals surface area contributed by atoms with Gasteiger partial charge in [-0.15, -0.1) is 0 Å². The summed E-state index contributed by atoms with van der Waals surface area (Å²) in [5.41, 5.74) is 3.89. The number of nitrogens with one attached hydrogen (secondary N) is 2. The highest BCUT2D eigenvalue weighted by molar-refractivity contribution is 5.77. The summed E-state index contributed by atoms with van der Waals surface area (Å²) in [6.45, 7) is 4.44. The van der Waals surface area contributed by atoms with Gasteiger partial charge in [-0.2, -0.15) is 0 Å². The van der Waals surface area contributed by atoms with E-state index in [9.17, 15) is 4.79 Å². The largest absolute Gasteiger partial charge is 0.497 e. The van der Waals surface area contributed by atoms with Gasteiger partial charge in [-0.05, 0) is 42.5 Å². The van der Waals surface area contributed by atoms with E-state index in [4.69, 9.17) is 4.74 Å². The van der Waals surface area contributed by atoms with E-state index in [0.717, 1.165) is 51.2 Å². The Bertz CT molecular complexity index is 815. The third-order valence-electron chi connectivity index (χ3n) is 6.00. The van der Waals surface area contributed by atoms with Crippen molar-refractivity contribution in [3.8, 4) is 5.75 Å². The number of nitrogens with zero attached hydrogens (tertiary/aromatic N) is 1. The van der Waals surface area contributed by atoms with Crippen molar-refractivity contribution >= 4 is 11.6 Å². The van der Waals surface area contributed by atoms with Crippen LogP contribution in [-0.2, 0) is 11.2 Å². The van der Waals surface area contributed by atoms with Gasteiger partial charge in [0.15, 0.2) is 6.54 Å². The molecule has 5 nitrogen and oxygen atoms in total. The lowest BCUT2D eigenvalue weighted by Gasteiger charge is -2.34. The number of benzene rings is 2. The van der Waals surface area contributed by atoms with Crippen molar-refractivity contribution in [2.24, 2.45) is 0 Å². The SMILES string of the molecule is COc1cccc(N2CC[NH+](CC(=O)N[C@@H]3CCCc4ccccc43)CC2)c1. The zero-order chi connectivity index (χ0) is 19.3. The molecule has 2 aliphatic rings. The number of quaternary nitrogens is 1. The van der Waals surface area contributed by atoms with Crippen molar-refractivity contribution in [3.63, 3.8) is 0 Å². The molecule has 1 heterocycles. The van der Waals surface area contributed by atoms with Gasteiger partial charge in [0.25, 0.3) is 5.91 Å². The Labute approximate surface area is 167 Å². The third-order valence-corrected chi connectivity index (χ3v) is 6.00. The number of carbonyl (C=O) groups is 1. The van der Waals surface area contributed by atoms with Gasteiger partial charge >= 0.3 is 0 Å². The first kappa shape index (κ1) is 18.8. The summed E-state index contributed by atoms with van der Waals surface area (Å²) in [7, 11) is 1.70. The zero-order valence-electron chi connectivity index (χ0n) is 16.6. The standard InChI is InChI=1S/C23H29N3O2/c1-28-20-9-5-8-19(16-20)26-14-12-25(13-15-26)17-23(27)24-22-11-4-7-18-6-2-3-10-21(18)22/h2-3,5-6,8-10,16,22H,4,7,11-15,17H2,1H3,(H,24,27)/p+1/t22-/m1/s1. The quantitative estimate of drug-likeness (QED) is 0.828. The molecule has 0 saturated carbocycles. The number of hydrogen-bond donors (Lipinski definition) is 2. The maximum absolute atomic E-state index is 12.7. The highest BCUT2D eigenvalue weighted by Crippen LogP contribution is 2.29. The molecule has 28 heavy (non-hydrogen) atoms. The minimum atomic E-state index is 0.173. The van der Waals surface area contributed by atoms with Gasteiger partial charge in [-0.3, -0.25) is 4.79 Å². The Morgan fingerprint density at radius 3 is 2.82 bits per heavy atom. The number of aryl methyl sites for hydroxylation is 1. The molecule has 2 aromatic rings. The molecule has 1 aliphatic carbocycles. The fourth-order valence-corrected chi connectivity index (χ4v) is 4.44. The molecule has 1 saturated heterocycles. The first-order chi connectivity index (χ1) is 13.7. The number of piperazine rings is 1. The van der Waals surface area contributed by atoms with Crippen LogP contribution in [0.1, 0.15) is 30.0 Å². The van der Waals surface area contributed by atoms with Crippen LogP contribution in [0.2, 0.25) is 0 Å². The van der Waals surface area contributed by atoms with Gasteiger partial charge < -0.3 is 19.9 Å². The van der Waals surface area contributed by atoms with Crippen molar-refractivity contribution in [1.29, 1.82) is 0 Å². The summed E-state index contributed by atoms with van der Waals surface area (Å²) >= 11 is 0. The molecule has 2 N–H and O–H groups in total. The van der Waals surface area contributed by atoms with Gasteiger partial charge in [-0.1, -0.05) is 30.3 Å². The van der Waals surface area contributed by atoms with Crippen LogP contribution in [0.25, 0.3) is 0 Å². The molecule has 1 aliphatic heterocycles. The summed E-state index contributed by atoms with van der Waals surface area (Å²) < 4.78 is 5.33. The average Bonchev–Trinajstić information content (AvgIpc) is 2.74. The van der Waals surface area contributed by atoms with E-state index in [0.29, 0.717) is 6.54 Å². The Kier molecular flexibility index (Phi) is 5.81. The molecule has 0 bridgehead atoms. The summed E-state index contributed by atoms with van der Waals surface area (Å²) in [5, 5.41) is 3.29. The van der Waals surface area contributed by atoms with Gasteiger partial charge in [0, 0.05) is 11.8 Å². The van der Waals surface area contributed by atoms with Crippen LogP contribution in [0.3, 0.4) is 0 Å². The van der Waals surface area contributed by atoms with E-state index in [1.165, 1.54) is 21.7 Å². The minimum Gasteiger partial charge on any atom is -0.497 e. The zero-order valence-corrected chi connectivity index (χ0v) is 16.6. The number of anilines is 1. The first-order valence-corrected chi connectivity index (χ1v) is 10.3. The van der Waals surface area contributed by atoms with Gasteiger partial charge in [0.2, 0.25) is 0 Å². The fraction of sp³-hybridized carbons (Fsp3) is 0.435. The molecule has 0 spiro atoms. The van der Waals surface area contributed by atoms with E-state index < -0.39 is 0 Å². The smallest absolute Gasteiger partial charge is 0.275 e. The topological polar surface area (TPSA) is 46.0 Å². The van der Waals surface area contributed by atoms with Crippen LogP contribution in [0.5, 0.6) is 5.75 Å². The second-order valence-electron chi connectivity index (χ2n) is 7.83. The minimum absolute atomic E-state index is 0.173. The van der Waals surface area contributed by atoms with Crippen molar-refractivity contribution in [3.05, 3.63) is 59.7 Å². The second-order valence-corrected chi connectivity index (χ2v) is 7.83. The first-order valence-electron chi connectivity index (χ1n) is 10.3. The van der Waals surface area contributed by atoms with Crippen molar-refractivity contribution < 1.29 is 14.4 Å². The molecule has 1 amide bonds. The number of hydrogen-bond acceptors (Lipinski definition) is 3. The van der Waals surface area contributed by atoms with Gasteiger partial charge in [0.1, 0.15) is 5.75 Å². The summed E-state index contributed by atoms with van der Waals surface area (Å²) in [5.74, 6) is 1.06. The number of rotatable bonds is 5. The summed E-state index contributed by atoms with van der Waals surface area (Å²) in [6, 6.07) is 16.9. The lowest BCUT2D eigenvalue weighted by atomic mass is 9.88. The van der Waals surface area contributed by atoms with Gasteiger partial charge in [-0.25, -0.2) is 0 Å². The Hall–Kier alpha value is -2.53. The van der Waals surface area contributed by atoms with Crippen molar-refractivity contribution in [1.82, 2.24) is 5.32 Å². The molecule has 0 radical (unpaired) electrons. The monoisotopic (exact) mass is 380 g/mol. The number of ether oxygens (including phenoxy) is 1. The van der Waals surface area contributed by atoms with E-state index in [1.807, 2.05) is 12.1 Å². The third kappa shape index (κ3) is 4.30. The number of methoxy groups -OCH3 is 1. The molecular weight excluding hydrogens is 350 g/mol. The highest BCUT2D eigenvalue weighted by atomic mass is 16.5. The van der Waals surface area contributed by atoms with Crippen LogP contribution < -0.4 is 19.9 Å². The molecule has 0 unspecified atom stereocenters. The maximum atomic E-state index is 12.7. The second kappa shape index (κ2) is 8.65. The average molecular weight is 381 g/mol. The number of amides is 1.